The summed E-state index contributed by atoms with van der Waals surface area (Å²) in [6, 6.07) is 9.61. The zero-order valence-electron chi connectivity index (χ0n) is 8.76. The molecule has 2 N–H and O–H groups in total. The number of carbonyl (C=O) groups excluding carboxylic acids is 1. The van der Waals surface area contributed by atoms with Crippen LogP contribution in [0.2, 0.25) is 0 Å². The summed E-state index contributed by atoms with van der Waals surface area (Å²) in [5.74, 6) is -0.341. The monoisotopic (exact) mass is 264 g/mol. The molecule has 0 saturated carbocycles. The van der Waals surface area contributed by atoms with Crippen molar-refractivity contribution in [3.05, 3.63) is 51.9 Å². The van der Waals surface area contributed by atoms with E-state index in [1.54, 1.807) is 12.2 Å². The fourth-order valence-electron chi connectivity index (χ4n) is 1.30. The van der Waals surface area contributed by atoms with Gasteiger partial charge in [-0.15, -0.1) is 0 Å². The number of allylic oxidation sites excluding steroid dienone is 2. The molecule has 1 aliphatic heterocycles. The second kappa shape index (κ2) is 5.21. The Labute approximate surface area is 108 Å². The topological polar surface area (TPSA) is 55.4 Å². The van der Waals surface area contributed by atoms with Gasteiger partial charge in [0.05, 0.1) is 4.91 Å². The Kier molecular flexibility index (Phi) is 3.66. The molecule has 1 aromatic carbocycles. The van der Waals surface area contributed by atoms with Gasteiger partial charge in [-0.05, 0) is 29.5 Å². The van der Waals surface area contributed by atoms with Crippen LogP contribution in [0.5, 0.6) is 0 Å². The lowest BCUT2D eigenvalue weighted by molar-refractivity contribution is -0.113. The molecule has 0 radical (unpaired) electrons. The van der Waals surface area contributed by atoms with Gasteiger partial charge in [-0.25, -0.2) is 0 Å². The molecule has 0 atom stereocenters. The van der Waals surface area contributed by atoms with Gasteiger partial charge in [0.15, 0.2) is 5.17 Å². The second-order valence-corrected chi connectivity index (χ2v) is 4.80. The molecule has 1 aromatic rings. The van der Waals surface area contributed by atoms with E-state index in [0.717, 1.165) is 17.3 Å². The summed E-state index contributed by atoms with van der Waals surface area (Å²) in [5.41, 5.74) is 6.40. The normalized spacial score (nSPS) is 18.6. The number of rotatable bonds is 2. The molecule has 0 fully saturated rings. The zero-order chi connectivity index (χ0) is 12.3. The van der Waals surface area contributed by atoms with Crippen LogP contribution in [0.25, 0.3) is 6.08 Å². The Bertz CT molecular complexity index is 535. The number of amidine groups is 1. The minimum Gasteiger partial charge on any atom is -0.378 e. The van der Waals surface area contributed by atoms with Crippen molar-refractivity contribution in [2.45, 2.75) is 0 Å². The lowest BCUT2D eigenvalue weighted by Gasteiger charge is -1.95. The first-order valence-electron chi connectivity index (χ1n) is 4.85. The van der Waals surface area contributed by atoms with Crippen LogP contribution >= 0.6 is 23.4 Å². The van der Waals surface area contributed by atoms with Gasteiger partial charge in [0.25, 0.3) is 5.91 Å². The van der Waals surface area contributed by atoms with Crippen LogP contribution < -0.4 is 5.73 Å². The van der Waals surface area contributed by atoms with Crippen molar-refractivity contribution >= 4 is 40.5 Å². The van der Waals surface area contributed by atoms with E-state index in [2.05, 4.69) is 4.99 Å². The Morgan fingerprint density at radius 2 is 2.06 bits per heavy atom. The van der Waals surface area contributed by atoms with E-state index in [0.29, 0.717) is 9.94 Å². The number of carbonyl (C=O) groups is 1. The van der Waals surface area contributed by atoms with Gasteiger partial charge in [-0.2, -0.15) is 4.99 Å². The highest BCUT2D eigenvalue weighted by atomic mass is 35.5. The Morgan fingerprint density at radius 3 is 2.65 bits per heavy atom. The third-order valence-electron chi connectivity index (χ3n) is 2.01. The molecule has 1 aliphatic rings. The van der Waals surface area contributed by atoms with Crippen LogP contribution in [-0.2, 0) is 4.79 Å². The predicted molar refractivity (Wildman–Crippen MR) is 72.6 cm³/mol. The number of hydrogen-bond donors (Lipinski definition) is 1. The maximum absolute atomic E-state index is 11.3. The standard InChI is InChI=1S/C12H9ClN2OS/c13-9(6-8-4-2-1-3-5-8)7-10-11(16)15-12(14)17-10/h1-7H,(H2,14,15,16)/b9-6-,10-7-. The van der Waals surface area contributed by atoms with Crippen LogP contribution in [0.15, 0.2) is 51.3 Å². The van der Waals surface area contributed by atoms with Gasteiger partial charge in [0.1, 0.15) is 0 Å². The molecular formula is C12H9ClN2OS. The smallest absolute Gasteiger partial charge is 0.286 e. The molecule has 1 heterocycles. The zero-order valence-corrected chi connectivity index (χ0v) is 10.3. The molecular weight excluding hydrogens is 256 g/mol. The summed E-state index contributed by atoms with van der Waals surface area (Å²) in [4.78, 5) is 15.4. The highest BCUT2D eigenvalue weighted by Crippen LogP contribution is 2.26. The summed E-state index contributed by atoms with van der Waals surface area (Å²) in [6.45, 7) is 0. The number of nitrogens with two attached hydrogens (primary N) is 1. The maximum Gasteiger partial charge on any atom is 0.286 e. The third-order valence-corrected chi connectivity index (χ3v) is 3.04. The van der Waals surface area contributed by atoms with Gasteiger partial charge in [-0.3, -0.25) is 4.79 Å². The molecule has 2 rings (SSSR count). The molecule has 3 nitrogen and oxygen atoms in total. The molecule has 86 valence electrons. The SMILES string of the molecule is NC1=NC(=O)/C(=C/C(Cl)=C/c2ccccc2)S1. The van der Waals surface area contributed by atoms with Crippen molar-refractivity contribution in [2.24, 2.45) is 10.7 Å². The quantitative estimate of drug-likeness (QED) is 0.836. The lowest BCUT2D eigenvalue weighted by atomic mass is 10.2. The van der Waals surface area contributed by atoms with E-state index in [9.17, 15) is 4.79 Å². The summed E-state index contributed by atoms with van der Waals surface area (Å²) in [7, 11) is 0. The number of aliphatic imine (C=N–C) groups is 1. The average molecular weight is 265 g/mol. The minimum absolute atomic E-state index is 0.255. The van der Waals surface area contributed by atoms with Gasteiger partial charge >= 0.3 is 0 Å². The minimum atomic E-state index is -0.341. The molecule has 0 saturated heterocycles. The van der Waals surface area contributed by atoms with Crippen molar-refractivity contribution in [3.63, 3.8) is 0 Å². The van der Waals surface area contributed by atoms with Crippen molar-refractivity contribution in [1.29, 1.82) is 0 Å². The number of nitrogens with zero attached hydrogens (tertiary/aromatic N) is 1. The largest absolute Gasteiger partial charge is 0.378 e. The third kappa shape index (κ3) is 3.22. The van der Waals surface area contributed by atoms with Gasteiger partial charge < -0.3 is 5.73 Å². The van der Waals surface area contributed by atoms with E-state index in [4.69, 9.17) is 17.3 Å². The first-order chi connectivity index (χ1) is 8.15. The number of benzene rings is 1. The van der Waals surface area contributed by atoms with Crippen LogP contribution in [0.1, 0.15) is 5.56 Å². The summed E-state index contributed by atoms with van der Waals surface area (Å²) >= 11 is 7.16. The molecule has 0 unspecified atom stereocenters. The number of amides is 1. The number of hydrogen-bond acceptors (Lipinski definition) is 3. The van der Waals surface area contributed by atoms with Crippen molar-refractivity contribution in [3.8, 4) is 0 Å². The van der Waals surface area contributed by atoms with Crippen LogP contribution in [0, 0.1) is 0 Å². The molecule has 0 spiro atoms. The molecule has 0 bridgehead atoms. The molecule has 0 aromatic heterocycles. The number of thioether (sulfide) groups is 1. The molecule has 17 heavy (non-hydrogen) atoms. The fourth-order valence-corrected chi connectivity index (χ4v) is 2.27. The lowest BCUT2D eigenvalue weighted by Crippen LogP contribution is -2.01. The van der Waals surface area contributed by atoms with Gasteiger partial charge in [-0.1, -0.05) is 41.9 Å². The first kappa shape index (κ1) is 12.0. The Morgan fingerprint density at radius 1 is 1.35 bits per heavy atom. The summed E-state index contributed by atoms with van der Waals surface area (Å²) in [6.07, 6.45) is 3.35. The molecule has 1 amide bonds. The van der Waals surface area contributed by atoms with Gasteiger partial charge in [0, 0.05) is 5.03 Å². The first-order valence-corrected chi connectivity index (χ1v) is 6.05. The van der Waals surface area contributed by atoms with Crippen LogP contribution in [0.3, 0.4) is 0 Å². The van der Waals surface area contributed by atoms with E-state index in [-0.39, 0.29) is 11.1 Å². The highest BCUT2D eigenvalue weighted by molar-refractivity contribution is 8.18. The summed E-state index contributed by atoms with van der Waals surface area (Å²) in [5, 5.41) is 0.724. The van der Waals surface area contributed by atoms with E-state index in [1.165, 1.54) is 0 Å². The van der Waals surface area contributed by atoms with Crippen LogP contribution in [0.4, 0.5) is 0 Å². The van der Waals surface area contributed by atoms with Gasteiger partial charge in [0.2, 0.25) is 0 Å². The molecule has 5 heteroatoms. The maximum atomic E-state index is 11.3. The fraction of sp³-hybridized carbons (Fsp3) is 0. The average Bonchev–Trinajstić information content (AvgIpc) is 2.58. The van der Waals surface area contributed by atoms with E-state index < -0.39 is 0 Å². The van der Waals surface area contributed by atoms with Crippen LogP contribution in [-0.4, -0.2) is 11.1 Å². The van der Waals surface area contributed by atoms with E-state index in [1.807, 2.05) is 30.3 Å². The van der Waals surface area contributed by atoms with Crippen molar-refractivity contribution in [1.82, 2.24) is 0 Å². The summed E-state index contributed by atoms with van der Waals surface area (Å²) < 4.78 is 0. The van der Waals surface area contributed by atoms with E-state index >= 15 is 0 Å². The molecule has 0 aliphatic carbocycles. The second-order valence-electron chi connectivity index (χ2n) is 3.31. The Hall–Kier alpha value is -1.52. The van der Waals surface area contributed by atoms with Crippen molar-refractivity contribution < 1.29 is 4.79 Å². The predicted octanol–water partition coefficient (Wildman–Crippen LogP) is 2.74. The Balaban J connectivity index is 2.18. The number of halogens is 1. The van der Waals surface area contributed by atoms with Crippen molar-refractivity contribution in [2.75, 3.05) is 0 Å². The highest BCUT2D eigenvalue weighted by Gasteiger charge is 2.19.